The van der Waals surface area contributed by atoms with Gasteiger partial charge in [-0.1, -0.05) is 6.92 Å². The lowest BCUT2D eigenvalue weighted by atomic mass is 10.1. The van der Waals surface area contributed by atoms with Crippen LogP contribution in [0, 0.1) is 12.8 Å². The number of nitrogens with zero attached hydrogens (tertiary/aromatic N) is 5. The number of carbonyl (C=O) groups excluding carboxylic acids is 1. The minimum atomic E-state index is -2.46. The molecule has 0 aromatic carbocycles. The highest BCUT2D eigenvalue weighted by molar-refractivity contribution is 5.76. The molecule has 0 unspecified atom stereocenters. The number of nitrogens with one attached hydrogen (secondary N) is 2. The topological polar surface area (TPSA) is 88.0 Å². The Morgan fingerprint density at radius 2 is 2.21 bits per heavy atom. The van der Waals surface area contributed by atoms with Crippen molar-refractivity contribution in [2.45, 2.75) is 46.1 Å². The molecule has 1 atom stereocenters. The number of aromatic nitrogens is 4. The molecule has 10 heteroatoms. The van der Waals surface area contributed by atoms with Crippen LogP contribution in [0.3, 0.4) is 0 Å². The number of likely N-dealkylation sites (tertiary alicyclic amines) is 1. The molecule has 1 fully saturated rings. The Hall–Kier alpha value is -2.78. The van der Waals surface area contributed by atoms with Crippen molar-refractivity contribution in [3.8, 4) is 0 Å². The van der Waals surface area contributed by atoms with E-state index in [1.807, 2.05) is 18.7 Å². The molecule has 29 heavy (non-hydrogen) atoms. The van der Waals surface area contributed by atoms with Crippen LogP contribution in [0.15, 0.2) is 18.6 Å². The first-order valence-electron chi connectivity index (χ1n) is 9.87. The number of amides is 1. The van der Waals surface area contributed by atoms with Crippen LogP contribution in [0.1, 0.15) is 31.7 Å². The molecule has 2 aromatic rings. The first-order chi connectivity index (χ1) is 13.9. The van der Waals surface area contributed by atoms with Gasteiger partial charge in [-0.3, -0.25) is 9.48 Å². The van der Waals surface area contributed by atoms with Crippen molar-refractivity contribution in [2.75, 3.05) is 30.3 Å². The van der Waals surface area contributed by atoms with Gasteiger partial charge >= 0.3 is 0 Å². The molecule has 0 saturated carbocycles. The molecule has 1 amide bonds. The second-order valence-corrected chi connectivity index (χ2v) is 7.32. The Morgan fingerprint density at radius 1 is 1.38 bits per heavy atom. The molecule has 0 aliphatic carbocycles. The highest BCUT2D eigenvalue weighted by Crippen LogP contribution is 2.21. The van der Waals surface area contributed by atoms with Gasteiger partial charge in [0, 0.05) is 44.0 Å². The second-order valence-electron chi connectivity index (χ2n) is 7.32. The first kappa shape index (κ1) is 20.9. The summed E-state index contributed by atoms with van der Waals surface area (Å²) in [7, 11) is 0. The van der Waals surface area contributed by atoms with Crippen molar-refractivity contribution in [3.05, 3.63) is 24.2 Å². The van der Waals surface area contributed by atoms with Gasteiger partial charge in [0.1, 0.15) is 12.4 Å². The van der Waals surface area contributed by atoms with Crippen LogP contribution >= 0.6 is 0 Å². The predicted octanol–water partition coefficient (Wildman–Crippen LogP) is 3.05. The SMILES string of the molecule is CCCC(=O)N1CC[C@H](CNc2nc(Nc3cnn(CC(F)F)c3)ncc2C)C1. The predicted molar refractivity (Wildman–Crippen MR) is 106 cm³/mol. The number of hydrogen-bond donors (Lipinski definition) is 2. The van der Waals surface area contributed by atoms with Gasteiger partial charge in [-0.25, -0.2) is 13.8 Å². The Morgan fingerprint density at radius 3 is 2.97 bits per heavy atom. The molecule has 3 heterocycles. The van der Waals surface area contributed by atoms with Crippen LogP contribution in [-0.2, 0) is 11.3 Å². The van der Waals surface area contributed by atoms with Crippen LogP contribution < -0.4 is 10.6 Å². The highest BCUT2D eigenvalue weighted by atomic mass is 19.3. The maximum atomic E-state index is 12.4. The summed E-state index contributed by atoms with van der Waals surface area (Å²) in [5, 5.41) is 10.2. The number of halogens is 2. The van der Waals surface area contributed by atoms with Gasteiger partial charge in [0.2, 0.25) is 11.9 Å². The number of carbonyl (C=O) groups is 1. The summed E-state index contributed by atoms with van der Waals surface area (Å²) in [4.78, 5) is 22.7. The lowest BCUT2D eigenvalue weighted by molar-refractivity contribution is -0.130. The van der Waals surface area contributed by atoms with Crippen molar-refractivity contribution in [3.63, 3.8) is 0 Å². The minimum Gasteiger partial charge on any atom is -0.369 e. The van der Waals surface area contributed by atoms with Crippen molar-refractivity contribution in [1.82, 2.24) is 24.6 Å². The third-order valence-corrected chi connectivity index (χ3v) is 4.85. The Bertz CT molecular complexity index is 827. The molecule has 2 aromatic heterocycles. The molecule has 1 aliphatic rings. The smallest absolute Gasteiger partial charge is 0.257 e. The van der Waals surface area contributed by atoms with Gasteiger partial charge in [0.25, 0.3) is 6.43 Å². The van der Waals surface area contributed by atoms with Gasteiger partial charge in [0.15, 0.2) is 0 Å². The third kappa shape index (κ3) is 5.85. The van der Waals surface area contributed by atoms with Crippen molar-refractivity contribution < 1.29 is 13.6 Å². The van der Waals surface area contributed by atoms with Crippen molar-refractivity contribution in [1.29, 1.82) is 0 Å². The fraction of sp³-hybridized carbons (Fsp3) is 0.579. The van der Waals surface area contributed by atoms with Crippen LogP contribution in [0.25, 0.3) is 0 Å². The van der Waals surface area contributed by atoms with Gasteiger partial charge in [0.05, 0.1) is 11.9 Å². The van der Waals surface area contributed by atoms with E-state index in [4.69, 9.17) is 0 Å². The van der Waals surface area contributed by atoms with E-state index >= 15 is 0 Å². The lowest BCUT2D eigenvalue weighted by Gasteiger charge is -2.17. The zero-order chi connectivity index (χ0) is 20.8. The average molecular weight is 407 g/mol. The molecule has 8 nitrogen and oxygen atoms in total. The van der Waals surface area contributed by atoms with E-state index < -0.39 is 13.0 Å². The average Bonchev–Trinajstić information content (AvgIpc) is 3.31. The highest BCUT2D eigenvalue weighted by Gasteiger charge is 2.25. The van der Waals surface area contributed by atoms with Crippen molar-refractivity contribution >= 4 is 23.4 Å². The summed E-state index contributed by atoms with van der Waals surface area (Å²) in [6.45, 7) is 5.77. The molecule has 0 radical (unpaired) electrons. The summed E-state index contributed by atoms with van der Waals surface area (Å²) < 4.78 is 26.0. The molecule has 0 spiro atoms. The standard InChI is InChI=1S/C19H27F2N7O/c1-3-4-17(29)27-6-5-14(10-27)8-22-18-13(2)7-23-19(26-18)25-15-9-24-28(11-15)12-16(20)21/h7,9,11,14,16H,3-6,8,10,12H2,1-2H3,(H2,22,23,25,26)/t14-/m1/s1. The van der Waals surface area contributed by atoms with Crippen LogP contribution in [-0.4, -0.2) is 56.6 Å². The fourth-order valence-electron chi connectivity index (χ4n) is 3.32. The molecule has 2 N–H and O–H groups in total. The minimum absolute atomic E-state index is 0.229. The molecule has 3 rings (SSSR count). The first-order valence-corrected chi connectivity index (χ1v) is 9.87. The zero-order valence-electron chi connectivity index (χ0n) is 16.7. The number of anilines is 3. The van der Waals surface area contributed by atoms with E-state index in [-0.39, 0.29) is 5.91 Å². The normalized spacial score (nSPS) is 16.4. The molecule has 1 saturated heterocycles. The summed E-state index contributed by atoms with van der Waals surface area (Å²) in [6, 6.07) is 0. The molecular formula is C19H27F2N7O. The number of hydrogen-bond acceptors (Lipinski definition) is 6. The third-order valence-electron chi connectivity index (χ3n) is 4.85. The van der Waals surface area contributed by atoms with E-state index in [1.54, 1.807) is 6.20 Å². The molecule has 0 bridgehead atoms. The number of aryl methyl sites for hydroxylation is 1. The van der Waals surface area contributed by atoms with E-state index in [0.717, 1.165) is 38.0 Å². The largest absolute Gasteiger partial charge is 0.369 e. The zero-order valence-corrected chi connectivity index (χ0v) is 16.7. The van der Waals surface area contributed by atoms with Gasteiger partial charge in [-0.05, 0) is 25.7 Å². The molecular weight excluding hydrogens is 380 g/mol. The maximum Gasteiger partial charge on any atom is 0.257 e. The lowest BCUT2D eigenvalue weighted by Crippen LogP contribution is -2.29. The summed E-state index contributed by atoms with van der Waals surface area (Å²) in [5.41, 5.74) is 1.45. The van der Waals surface area contributed by atoms with Crippen LogP contribution in [0.4, 0.5) is 26.2 Å². The quantitative estimate of drug-likeness (QED) is 0.664. The van der Waals surface area contributed by atoms with Gasteiger partial charge in [-0.15, -0.1) is 0 Å². The summed E-state index contributed by atoms with van der Waals surface area (Å²) in [5.74, 6) is 1.68. The van der Waals surface area contributed by atoms with E-state index in [1.165, 1.54) is 17.1 Å². The molecule has 158 valence electrons. The van der Waals surface area contributed by atoms with Crippen molar-refractivity contribution in [2.24, 2.45) is 5.92 Å². The molecule has 1 aliphatic heterocycles. The van der Waals surface area contributed by atoms with Gasteiger partial charge in [-0.2, -0.15) is 10.1 Å². The number of alkyl halides is 2. The Balaban J connectivity index is 1.55. The van der Waals surface area contributed by atoms with Gasteiger partial charge < -0.3 is 15.5 Å². The van der Waals surface area contributed by atoms with E-state index in [2.05, 4.69) is 25.7 Å². The van der Waals surface area contributed by atoms with Crippen LogP contribution in [0.2, 0.25) is 0 Å². The van der Waals surface area contributed by atoms with E-state index in [0.29, 0.717) is 29.8 Å². The number of rotatable bonds is 9. The summed E-state index contributed by atoms with van der Waals surface area (Å²) >= 11 is 0. The second kappa shape index (κ2) is 9.62. The Labute approximate surface area is 168 Å². The van der Waals surface area contributed by atoms with E-state index in [9.17, 15) is 13.6 Å². The maximum absolute atomic E-state index is 12.4. The monoisotopic (exact) mass is 407 g/mol. The van der Waals surface area contributed by atoms with Crippen LogP contribution in [0.5, 0.6) is 0 Å². The Kier molecular flexibility index (Phi) is 6.95. The fourth-order valence-corrected chi connectivity index (χ4v) is 3.32. The summed E-state index contributed by atoms with van der Waals surface area (Å²) in [6.07, 6.45) is 4.64.